The highest BCUT2D eigenvalue weighted by Gasteiger charge is 2.32. The van der Waals surface area contributed by atoms with Gasteiger partial charge in [-0.25, -0.2) is 0 Å². The maximum absolute atomic E-state index is 12.8. The molecular formula is C20H12F6O6S2. The van der Waals surface area contributed by atoms with E-state index in [1.807, 2.05) is 0 Å². The first-order valence-corrected chi connectivity index (χ1v) is 11.7. The zero-order chi connectivity index (χ0) is 25.4. The fourth-order valence-corrected chi connectivity index (χ4v) is 4.60. The number of halogens is 6. The third-order valence-corrected chi connectivity index (χ3v) is 6.60. The molecule has 0 saturated heterocycles. The van der Waals surface area contributed by atoms with Gasteiger partial charge in [0.05, 0.1) is 11.1 Å². The Morgan fingerprint density at radius 2 is 0.882 bits per heavy atom. The van der Waals surface area contributed by atoms with E-state index in [-0.39, 0.29) is 0 Å². The van der Waals surface area contributed by atoms with Gasteiger partial charge >= 0.3 is 32.6 Å². The average molecular weight is 526 g/mol. The van der Waals surface area contributed by atoms with E-state index in [1.165, 1.54) is 0 Å². The first kappa shape index (κ1) is 25.4. The molecule has 3 aromatic carbocycles. The molecule has 0 saturated carbocycles. The van der Waals surface area contributed by atoms with Gasteiger partial charge in [-0.2, -0.15) is 43.2 Å². The average Bonchev–Trinajstić information content (AvgIpc) is 2.72. The van der Waals surface area contributed by atoms with Crippen molar-refractivity contribution >= 4 is 20.2 Å². The molecule has 0 bridgehead atoms. The highest BCUT2D eigenvalue weighted by molar-refractivity contribution is 7.88. The minimum absolute atomic E-state index is 0.439. The van der Waals surface area contributed by atoms with Crippen LogP contribution in [0.25, 0.3) is 0 Å². The van der Waals surface area contributed by atoms with Crippen molar-refractivity contribution in [2.24, 2.45) is 0 Å². The van der Waals surface area contributed by atoms with Crippen LogP contribution in [0.2, 0.25) is 0 Å². The molecule has 3 aromatic rings. The molecule has 0 aromatic heterocycles. The van der Waals surface area contributed by atoms with Gasteiger partial charge in [0, 0.05) is 0 Å². The van der Waals surface area contributed by atoms with Gasteiger partial charge < -0.3 is 8.37 Å². The monoisotopic (exact) mass is 526 g/mol. The predicted molar refractivity (Wildman–Crippen MR) is 105 cm³/mol. The summed E-state index contributed by atoms with van der Waals surface area (Å²) in [5.41, 5.74) is -2.35. The van der Waals surface area contributed by atoms with E-state index in [0.717, 1.165) is 42.5 Å². The molecule has 0 fully saturated rings. The molecule has 0 N–H and O–H groups in total. The molecule has 0 aliphatic carbocycles. The number of benzene rings is 3. The van der Waals surface area contributed by atoms with Gasteiger partial charge in [-0.15, -0.1) is 0 Å². The van der Waals surface area contributed by atoms with Gasteiger partial charge in [0.25, 0.3) is 0 Å². The van der Waals surface area contributed by atoms with Crippen molar-refractivity contribution < 1.29 is 51.5 Å². The van der Waals surface area contributed by atoms with Crippen LogP contribution in [0, 0.1) is 0 Å². The van der Waals surface area contributed by atoms with E-state index in [2.05, 4.69) is 8.37 Å². The molecule has 182 valence electrons. The van der Waals surface area contributed by atoms with E-state index in [1.54, 1.807) is 0 Å². The number of rotatable bonds is 6. The predicted octanol–water partition coefficient (Wildman–Crippen LogP) is 5.26. The van der Waals surface area contributed by atoms with Crippen LogP contribution in [-0.2, 0) is 32.6 Å². The van der Waals surface area contributed by atoms with Crippen LogP contribution in [0.3, 0.4) is 0 Å². The highest BCUT2D eigenvalue weighted by Crippen LogP contribution is 2.33. The van der Waals surface area contributed by atoms with Crippen molar-refractivity contribution in [3.05, 3.63) is 83.9 Å². The molecule has 0 spiro atoms. The molecule has 0 radical (unpaired) electrons. The Morgan fingerprint density at radius 1 is 0.529 bits per heavy atom. The molecule has 14 heteroatoms. The minimum atomic E-state index is -4.79. The second-order valence-electron chi connectivity index (χ2n) is 6.60. The summed E-state index contributed by atoms with van der Waals surface area (Å²) in [6.07, 6.45) is -9.53. The summed E-state index contributed by atoms with van der Waals surface area (Å²) in [4.78, 5) is -1.50. The molecule has 0 atom stereocenters. The maximum atomic E-state index is 12.8. The second-order valence-corrected chi connectivity index (χ2v) is 9.69. The second kappa shape index (κ2) is 8.83. The molecule has 0 amide bonds. The van der Waals surface area contributed by atoms with Crippen LogP contribution in [0.1, 0.15) is 11.1 Å². The third-order valence-electron chi connectivity index (χ3n) is 4.12. The Morgan fingerprint density at radius 3 is 1.24 bits per heavy atom. The smallest absolute Gasteiger partial charge is 0.379 e. The molecule has 0 aliphatic rings. The fourth-order valence-electron chi connectivity index (χ4n) is 2.58. The number of hydrogen-bond acceptors (Lipinski definition) is 6. The first-order valence-electron chi connectivity index (χ1n) is 8.91. The number of hydrogen-bond donors (Lipinski definition) is 0. The van der Waals surface area contributed by atoms with Gasteiger partial charge in [0.15, 0.2) is 0 Å². The Hall–Kier alpha value is -3.26. The molecule has 6 nitrogen and oxygen atoms in total. The summed E-state index contributed by atoms with van der Waals surface area (Å²) < 4.78 is 136. The molecular weight excluding hydrogens is 514 g/mol. The van der Waals surface area contributed by atoms with Crippen LogP contribution >= 0.6 is 0 Å². The summed E-state index contributed by atoms with van der Waals surface area (Å²) in [7, 11) is -9.59. The molecule has 0 aliphatic heterocycles. The Bertz CT molecular complexity index is 1310. The Labute approximate surface area is 189 Å². The van der Waals surface area contributed by atoms with Crippen LogP contribution in [0.15, 0.2) is 82.6 Å². The largest absolute Gasteiger partial charge is 0.416 e. The van der Waals surface area contributed by atoms with E-state index in [9.17, 15) is 43.2 Å². The van der Waals surface area contributed by atoms with E-state index in [0.29, 0.717) is 30.3 Å². The topological polar surface area (TPSA) is 86.7 Å². The lowest BCUT2D eigenvalue weighted by Gasteiger charge is -2.12. The lowest BCUT2D eigenvalue weighted by atomic mass is 10.2. The van der Waals surface area contributed by atoms with Crippen molar-refractivity contribution in [2.45, 2.75) is 22.1 Å². The zero-order valence-electron chi connectivity index (χ0n) is 16.5. The third kappa shape index (κ3) is 5.99. The summed E-state index contributed by atoms with van der Waals surface area (Å²) >= 11 is 0. The molecule has 0 unspecified atom stereocenters. The lowest BCUT2D eigenvalue weighted by Crippen LogP contribution is -2.14. The van der Waals surface area contributed by atoms with Gasteiger partial charge in [-0.05, 0) is 54.6 Å². The standard InChI is InChI=1S/C20H12F6O6S2/c21-19(22,23)13-4-1-6-15(10-13)31-33(27,28)17-8-3-9-18(12-17)34(29,30)32-16-7-2-5-14(11-16)20(24,25)26/h1-12H. The quantitative estimate of drug-likeness (QED) is 0.322. The van der Waals surface area contributed by atoms with Gasteiger partial charge in [-0.3, -0.25) is 0 Å². The summed E-state index contributed by atoms with van der Waals surface area (Å²) in [5, 5.41) is 0. The Kier molecular flexibility index (Phi) is 6.59. The van der Waals surface area contributed by atoms with Crippen LogP contribution in [0.4, 0.5) is 26.3 Å². The van der Waals surface area contributed by atoms with Crippen molar-refractivity contribution in [1.82, 2.24) is 0 Å². The lowest BCUT2D eigenvalue weighted by molar-refractivity contribution is -0.138. The SMILES string of the molecule is O=S(=O)(Oc1cccc(C(F)(F)F)c1)c1cccc(S(=O)(=O)Oc2cccc(C(F)(F)F)c2)c1. The highest BCUT2D eigenvalue weighted by atomic mass is 32.2. The summed E-state index contributed by atoms with van der Waals surface area (Å²) in [6.45, 7) is 0. The van der Waals surface area contributed by atoms with Crippen molar-refractivity contribution in [1.29, 1.82) is 0 Å². The van der Waals surface area contributed by atoms with Crippen molar-refractivity contribution in [2.75, 3.05) is 0 Å². The summed E-state index contributed by atoms with van der Waals surface area (Å²) in [6, 6.07) is 9.37. The maximum Gasteiger partial charge on any atom is 0.416 e. The minimum Gasteiger partial charge on any atom is -0.379 e. The first-order chi connectivity index (χ1) is 15.6. The van der Waals surface area contributed by atoms with E-state index >= 15 is 0 Å². The summed E-state index contributed by atoms with van der Waals surface area (Å²) in [5.74, 6) is -1.35. The van der Waals surface area contributed by atoms with Crippen molar-refractivity contribution in [3.63, 3.8) is 0 Å². The van der Waals surface area contributed by atoms with Gasteiger partial charge in [-0.1, -0.05) is 18.2 Å². The van der Waals surface area contributed by atoms with E-state index in [4.69, 9.17) is 0 Å². The zero-order valence-corrected chi connectivity index (χ0v) is 18.1. The molecule has 3 rings (SSSR count). The fraction of sp³-hybridized carbons (Fsp3) is 0.100. The molecule has 0 heterocycles. The molecule has 34 heavy (non-hydrogen) atoms. The van der Waals surface area contributed by atoms with Crippen LogP contribution in [0.5, 0.6) is 11.5 Å². The van der Waals surface area contributed by atoms with Crippen molar-refractivity contribution in [3.8, 4) is 11.5 Å². The van der Waals surface area contributed by atoms with Gasteiger partial charge in [0.2, 0.25) is 0 Å². The van der Waals surface area contributed by atoms with Gasteiger partial charge in [0.1, 0.15) is 21.3 Å². The van der Waals surface area contributed by atoms with Crippen LogP contribution in [-0.4, -0.2) is 16.8 Å². The van der Waals surface area contributed by atoms with Crippen LogP contribution < -0.4 is 8.37 Å². The van der Waals surface area contributed by atoms with E-state index < -0.39 is 65.0 Å². The number of alkyl halides is 6. The Balaban J connectivity index is 1.89. The normalized spacial score (nSPS) is 12.9.